The Hall–Kier alpha value is -0.120. The van der Waals surface area contributed by atoms with E-state index in [1.807, 2.05) is 0 Å². The van der Waals surface area contributed by atoms with Crippen LogP contribution in [0.1, 0.15) is 46.0 Å². The van der Waals surface area contributed by atoms with E-state index in [4.69, 9.17) is 0 Å². The van der Waals surface area contributed by atoms with Gasteiger partial charge in [0.05, 0.1) is 0 Å². The van der Waals surface area contributed by atoms with E-state index in [1.54, 1.807) is 0 Å². The first kappa shape index (κ1) is 15.3. The van der Waals surface area contributed by atoms with Crippen LogP contribution in [0.2, 0.25) is 0 Å². The molecule has 0 aromatic carbocycles. The molecule has 3 heteroatoms. The standard InChI is InChI=1S/C16H33N3/c1-5-10-17-14-8-6-7-9-15(14)19-11-13(2)16(12-19)18(3)4/h13-17H,5-12H2,1-4H3. The van der Waals surface area contributed by atoms with Crippen LogP contribution < -0.4 is 5.32 Å². The van der Waals surface area contributed by atoms with Gasteiger partial charge in [0.1, 0.15) is 0 Å². The van der Waals surface area contributed by atoms with Crippen LogP contribution >= 0.6 is 0 Å². The molecule has 1 aliphatic carbocycles. The molecule has 1 heterocycles. The van der Waals surface area contributed by atoms with Crippen LogP contribution in [0.5, 0.6) is 0 Å². The van der Waals surface area contributed by atoms with Crippen molar-refractivity contribution in [3.63, 3.8) is 0 Å². The largest absolute Gasteiger partial charge is 0.312 e. The third-order valence-corrected chi connectivity index (χ3v) is 5.12. The Morgan fingerprint density at radius 2 is 1.89 bits per heavy atom. The van der Waals surface area contributed by atoms with Gasteiger partial charge in [0, 0.05) is 31.2 Å². The lowest BCUT2D eigenvalue weighted by Crippen LogP contribution is -2.51. The summed E-state index contributed by atoms with van der Waals surface area (Å²) >= 11 is 0. The summed E-state index contributed by atoms with van der Waals surface area (Å²) in [5, 5.41) is 3.80. The first-order valence-electron chi connectivity index (χ1n) is 8.27. The zero-order chi connectivity index (χ0) is 13.8. The first-order valence-corrected chi connectivity index (χ1v) is 8.27. The number of nitrogens with zero attached hydrogens (tertiary/aromatic N) is 2. The van der Waals surface area contributed by atoms with Crippen molar-refractivity contribution in [2.45, 2.75) is 64.1 Å². The molecule has 1 saturated heterocycles. The molecule has 0 bridgehead atoms. The fourth-order valence-electron chi connectivity index (χ4n) is 4.05. The molecule has 19 heavy (non-hydrogen) atoms. The van der Waals surface area contributed by atoms with Crippen molar-refractivity contribution in [2.24, 2.45) is 5.92 Å². The number of nitrogens with one attached hydrogen (secondary N) is 1. The number of hydrogen-bond acceptors (Lipinski definition) is 3. The second-order valence-corrected chi connectivity index (χ2v) is 6.87. The van der Waals surface area contributed by atoms with Crippen LogP contribution in [0.25, 0.3) is 0 Å². The van der Waals surface area contributed by atoms with E-state index in [1.165, 1.54) is 51.7 Å². The molecule has 3 nitrogen and oxygen atoms in total. The molecular formula is C16H33N3. The summed E-state index contributed by atoms with van der Waals surface area (Å²) in [4.78, 5) is 5.20. The molecule has 4 unspecified atom stereocenters. The average Bonchev–Trinajstić information content (AvgIpc) is 2.79. The predicted octanol–water partition coefficient (Wildman–Crippen LogP) is 2.18. The van der Waals surface area contributed by atoms with Gasteiger partial charge < -0.3 is 10.2 Å². The minimum atomic E-state index is 0.738. The zero-order valence-electron chi connectivity index (χ0n) is 13.4. The molecule has 0 spiro atoms. The summed E-state index contributed by atoms with van der Waals surface area (Å²) in [6, 6.07) is 2.27. The van der Waals surface area contributed by atoms with E-state index in [0.717, 1.165) is 24.0 Å². The Balaban J connectivity index is 1.95. The lowest BCUT2D eigenvalue weighted by molar-refractivity contribution is 0.138. The molecule has 112 valence electrons. The van der Waals surface area contributed by atoms with Crippen molar-refractivity contribution in [1.82, 2.24) is 15.1 Å². The van der Waals surface area contributed by atoms with E-state index in [0.29, 0.717) is 0 Å². The van der Waals surface area contributed by atoms with E-state index < -0.39 is 0 Å². The predicted molar refractivity (Wildman–Crippen MR) is 82.5 cm³/mol. The molecule has 1 N–H and O–H groups in total. The van der Waals surface area contributed by atoms with Crippen molar-refractivity contribution in [3.8, 4) is 0 Å². The highest BCUT2D eigenvalue weighted by Crippen LogP contribution is 2.29. The van der Waals surface area contributed by atoms with Crippen molar-refractivity contribution in [1.29, 1.82) is 0 Å². The lowest BCUT2D eigenvalue weighted by Gasteiger charge is -2.39. The van der Waals surface area contributed by atoms with E-state index in [2.05, 4.69) is 43.1 Å². The SMILES string of the molecule is CCCNC1CCCCC1N1CC(C)C(N(C)C)C1. The maximum Gasteiger partial charge on any atom is 0.0254 e. The fraction of sp³-hybridized carbons (Fsp3) is 1.00. The van der Waals surface area contributed by atoms with E-state index in [9.17, 15) is 0 Å². The van der Waals surface area contributed by atoms with Gasteiger partial charge in [-0.15, -0.1) is 0 Å². The van der Waals surface area contributed by atoms with Crippen molar-refractivity contribution >= 4 is 0 Å². The number of rotatable bonds is 5. The Kier molecular flexibility index (Phi) is 5.67. The highest BCUT2D eigenvalue weighted by molar-refractivity contribution is 4.95. The van der Waals surface area contributed by atoms with Gasteiger partial charge in [-0.05, 0) is 45.8 Å². The molecule has 2 aliphatic rings. The summed E-state index contributed by atoms with van der Waals surface area (Å²) in [6.45, 7) is 8.43. The van der Waals surface area contributed by atoms with Crippen molar-refractivity contribution < 1.29 is 0 Å². The molecule has 0 aromatic rings. The van der Waals surface area contributed by atoms with Gasteiger partial charge in [-0.2, -0.15) is 0 Å². The zero-order valence-corrected chi connectivity index (χ0v) is 13.4. The second-order valence-electron chi connectivity index (χ2n) is 6.87. The minimum absolute atomic E-state index is 0.738. The number of likely N-dealkylation sites (N-methyl/N-ethyl adjacent to an activating group) is 1. The number of likely N-dealkylation sites (tertiary alicyclic amines) is 1. The topological polar surface area (TPSA) is 18.5 Å². The Labute approximate surface area is 119 Å². The Bertz CT molecular complexity index is 267. The third-order valence-electron chi connectivity index (χ3n) is 5.12. The smallest absolute Gasteiger partial charge is 0.0254 e. The summed E-state index contributed by atoms with van der Waals surface area (Å²) in [7, 11) is 4.47. The monoisotopic (exact) mass is 267 g/mol. The summed E-state index contributed by atoms with van der Waals surface area (Å²) in [5.74, 6) is 0.809. The Morgan fingerprint density at radius 1 is 1.16 bits per heavy atom. The highest BCUT2D eigenvalue weighted by Gasteiger charge is 2.38. The molecule has 1 saturated carbocycles. The first-order chi connectivity index (χ1) is 9.13. The normalized spacial score (nSPS) is 37.1. The molecule has 0 radical (unpaired) electrons. The Morgan fingerprint density at radius 3 is 2.53 bits per heavy atom. The van der Waals surface area contributed by atoms with Gasteiger partial charge in [0.25, 0.3) is 0 Å². The third kappa shape index (κ3) is 3.71. The van der Waals surface area contributed by atoms with Gasteiger partial charge in [0.15, 0.2) is 0 Å². The van der Waals surface area contributed by atoms with Gasteiger partial charge in [-0.3, -0.25) is 4.90 Å². The van der Waals surface area contributed by atoms with E-state index in [-0.39, 0.29) is 0 Å². The van der Waals surface area contributed by atoms with E-state index >= 15 is 0 Å². The van der Waals surface area contributed by atoms with Crippen LogP contribution in [0.3, 0.4) is 0 Å². The van der Waals surface area contributed by atoms with Gasteiger partial charge in [-0.25, -0.2) is 0 Å². The second kappa shape index (κ2) is 7.05. The molecule has 0 amide bonds. The van der Waals surface area contributed by atoms with Crippen molar-refractivity contribution in [3.05, 3.63) is 0 Å². The number of hydrogen-bond donors (Lipinski definition) is 1. The molecule has 0 aromatic heterocycles. The quantitative estimate of drug-likeness (QED) is 0.824. The lowest BCUT2D eigenvalue weighted by atomic mass is 9.89. The van der Waals surface area contributed by atoms with Crippen LogP contribution in [-0.4, -0.2) is 61.7 Å². The molecular weight excluding hydrogens is 234 g/mol. The summed E-state index contributed by atoms with van der Waals surface area (Å²) in [5.41, 5.74) is 0. The summed E-state index contributed by atoms with van der Waals surface area (Å²) in [6.07, 6.45) is 6.86. The fourth-order valence-corrected chi connectivity index (χ4v) is 4.05. The van der Waals surface area contributed by atoms with Crippen LogP contribution in [0.4, 0.5) is 0 Å². The average molecular weight is 267 g/mol. The van der Waals surface area contributed by atoms with Crippen molar-refractivity contribution in [2.75, 3.05) is 33.7 Å². The molecule has 2 rings (SSSR count). The maximum atomic E-state index is 3.80. The van der Waals surface area contributed by atoms with Crippen LogP contribution in [0.15, 0.2) is 0 Å². The molecule has 1 aliphatic heterocycles. The molecule has 4 atom stereocenters. The van der Waals surface area contributed by atoms with Gasteiger partial charge in [-0.1, -0.05) is 26.7 Å². The molecule has 2 fully saturated rings. The highest BCUT2D eigenvalue weighted by atomic mass is 15.3. The van der Waals surface area contributed by atoms with Gasteiger partial charge in [0.2, 0.25) is 0 Å². The van der Waals surface area contributed by atoms with Crippen LogP contribution in [0, 0.1) is 5.92 Å². The van der Waals surface area contributed by atoms with Gasteiger partial charge >= 0.3 is 0 Å². The minimum Gasteiger partial charge on any atom is -0.312 e. The summed E-state index contributed by atoms with van der Waals surface area (Å²) < 4.78 is 0. The van der Waals surface area contributed by atoms with Crippen LogP contribution in [-0.2, 0) is 0 Å². The maximum absolute atomic E-state index is 3.80.